The number of carboxylic acid groups (broad SMARTS) is 1. The smallest absolute Gasteiger partial charge is 0.475 e. The lowest BCUT2D eigenvalue weighted by atomic mass is 10.0. The summed E-state index contributed by atoms with van der Waals surface area (Å²) >= 11 is 0. The zero-order valence-electron chi connectivity index (χ0n) is 19.3. The van der Waals surface area contributed by atoms with Gasteiger partial charge in [0.15, 0.2) is 6.10 Å². The Labute approximate surface area is 209 Å². The normalized spacial score (nSPS) is 17.1. The largest absolute Gasteiger partial charge is 0.490 e. The Bertz CT molecular complexity index is 1550. The van der Waals surface area contributed by atoms with E-state index in [1.807, 2.05) is 18.2 Å². The van der Waals surface area contributed by atoms with Crippen LogP contribution in [0, 0.1) is 0 Å². The number of para-hydroxylation sites is 1. The highest BCUT2D eigenvalue weighted by Gasteiger charge is 2.47. The molecule has 9 nitrogen and oxygen atoms in total. The van der Waals surface area contributed by atoms with Gasteiger partial charge in [0.25, 0.3) is 11.8 Å². The molecule has 3 N–H and O–H groups in total. The van der Waals surface area contributed by atoms with Gasteiger partial charge >= 0.3 is 17.8 Å². The number of hydrogen-bond donors (Lipinski definition) is 3. The second-order valence-corrected chi connectivity index (χ2v) is 8.35. The van der Waals surface area contributed by atoms with Gasteiger partial charge in [0.2, 0.25) is 5.88 Å². The van der Waals surface area contributed by atoms with Crippen molar-refractivity contribution in [3.63, 3.8) is 0 Å². The number of H-pyrrole nitrogens is 2. The van der Waals surface area contributed by atoms with Gasteiger partial charge < -0.3 is 24.7 Å². The van der Waals surface area contributed by atoms with Crippen molar-refractivity contribution in [1.29, 1.82) is 0 Å². The molecule has 1 aliphatic rings. The molecular weight excluding hydrogens is 519 g/mol. The van der Waals surface area contributed by atoms with Crippen molar-refractivity contribution in [3.8, 4) is 5.88 Å². The first-order valence-corrected chi connectivity index (χ1v) is 11.1. The predicted octanol–water partition coefficient (Wildman–Crippen LogP) is 3.97. The fourth-order valence-electron chi connectivity index (χ4n) is 3.78. The van der Waals surface area contributed by atoms with E-state index in [0.29, 0.717) is 22.1 Å². The Morgan fingerprint density at radius 2 is 1.74 bits per heavy atom. The molecule has 2 aromatic carbocycles. The Morgan fingerprint density at radius 3 is 2.45 bits per heavy atom. The number of carbonyl (C=O) groups excluding carboxylic acids is 1. The van der Waals surface area contributed by atoms with Crippen molar-refractivity contribution >= 4 is 33.8 Å². The zero-order valence-corrected chi connectivity index (χ0v) is 19.3. The minimum absolute atomic E-state index is 0.0870. The summed E-state index contributed by atoms with van der Waals surface area (Å²) in [7, 11) is 0. The van der Waals surface area contributed by atoms with Crippen molar-refractivity contribution in [1.82, 2.24) is 19.9 Å². The molecule has 3 heterocycles. The number of nitrogens with one attached hydrogen (secondary N) is 2. The second kappa shape index (κ2) is 10.1. The Kier molecular flexibility index (Phi) is 7.07. The number of amides is 1. The number of nitrogens with zero attached hydrogens (tertiary/aromatic N) is 2. The molecule has 0 radical (unpaired) electrons. The van der Waals surface area contributed by atoms with Gasteiger partial charge in [-0.25, -0.2) is 23.4 Å². The number of alkyl halides is 5. The maximum Gasteiger partial charge on any atom is 0.490 e. The van der Waals surface area contributed by atoms with E-state index >= 15 is 0 Å². The van der Waals surface area contributed by atoms with Crippen LogP contribution in [0.2, 0.25) is 0 Å². The number of pyridine rings is 1. The van der Waals surface area contributed by atoms with Crippen LogP contribution in [0.15, 0.2) is 59.4 Å². The summed E-state index contributed by atoms with van der Waals surface area (Å²) in [4.78, 5) is 44.1. The average Bonchev–Trinajstić information content (AvgIpc) is 3.24. The number of piperidine rings is 1. The molecule has 38 heavy (non-hydrogen) atoms. The molecule has 4 aromatic rings. The van der Waals surface area contributed by atoms with Gasteiger partial charge in [-0.2, -0.15) is 13.2 Å². The van der Waals surface area contributed by atoms with E-state index in [-0.39, 0.29) is 24.7 Å². The number of ether oxygens (including phenoxy) is 1. The number of carbonyl (C=O) groups is 2. The number of fused-ring (bicyclic) bond motifs is 2. The highest BCUT2D eigenvalue weighted by atomic mass is 19.4. The summed E-state index contributed by atoms with van der Waals surface area (Å²) in [5, 5.41) is 8.00. The molecule has 14 heteroatoms. The molecule has 1 fully saturated rings. The molecule has 1 atom stereocenters. The minimum atomic E-state index is -5.08. The number of imidazole rings is 1. The third kappa shape index (κ3) is 5.90. The van der Waals surface area contributed by atoms with E-state index in [1.54, 1.807) is 30.3 Å². The first-order chi connectivity index (χ1) is 17.8. The van der Waals surface area contributed by atoms with Crippen LogP contribution >= 0.6 is 0 Å². The second-order valence-electron chi connectivity index (χ2n) is 8.35. The Balaban J connectivity index is 0.000000426. The van der Waals surface area contributed by atoms with Crippen LogP contribution in [-0.4, -0.2) is 68.1 Å². The van der Waals surface area contributed by atoms with E-state index in [0.717, 1.165) is 5.39 Å². The number of aliphatic carboxylic acids is 1. The van der Waals surface area contributed by atoms with Crippen LogP contribution in [0.25, 0.3) is 21.9 Å². The number of rotatable bonds is 3. The minimum Gasteiger partial charge on any atom is -0.475 e. The van der Waals surface area contributed by atoms with E-state index in [2.05, 4.69) is 15.0 Å². The standard InChI is InChI=1S/C22H18F2N4O3.C2HF3O2/c23-22(24)9-10-28(20(29)14-5-7-16-17(11-14)27-21(30)26-16)12-18(22)31-19-8-6-13-3-1-2-4-15(13)25-19;3-2(4,5)1(6)7/h1-8,11,18H,9-10,12H2,(H2,26,27,30);(H,6,7)/t18-;/m0./s1. The van der Waals surface area contributed by atoms with Crippen molar-refractivity contribution in [2.75, 3.05) is 13.1 Å². The first kappa shape index (κ1) is 26.6. The van der Waals surface area contributed by atoms with Crippen molar-refractivity contribution < 1.29 is 41.4 Å². The molecule has 0 unspecified atom stereocenters. The molecule has 0 saturated carbocycles. The number of aromatic amines is 2. The molecule has 200 valence electrons. The first-order valence-electron chi connectivity index (χ1n) is 11.1. The lowest BCUT2D eigenvalue weighted by molar-refractivity contribution is -0.192. The van der Waals surface area contributed by atoms with Crippen LogP contribution in [-0.2, 0) is 4.79 Å². The van der Waals surface area contributed by atoms with Gasteiger partial charge in [-0.15, -0.1) is 0 Å². The van der Waals surface area contributed by atoms with E-state index in [9.17, 15) is 31.5 Å². The topological polar surface area (TPSA) is 128 Å². The maximum atomic E-state index is 14.6. The SMILES string of the molecule is O=C(O)C(F)(F)F.O=C(c1ccc2[nH]c(=O)[nH]c2c1)N1CCC(F)(F)[C@@H](Oc2ccc3ccccc3n2)C1. The molecule has 0 bridgehead atoms. The summed E-state index contributed by atoms with van der Waals surface area (Å²) in [5.74, 6) is -6.17. The highest BCUT2D eigenvalue weighted by molar-refractivity contribution is 5.97. The molecule has 0 spiro atoms. The maximum absolute atomic E-state index is 14.6. The predicted molar refractivity (Wildman–Crippen MR) is 124 cm³/mol. The summed E-state index contributed by atoms with van der Waals surface area (Å²) in [6.45, 7) is -0.374. The quantitative estimate of drug-likeness (QED) is 0.339. The van der Waals surface area contributed by atoms with Crippen molar-refractivity contribution in [2.45, 2.75) is 24.6 Å². The highest BCUT2D eigenvalue weighted by Crippen LogP contribution is 2.32. The third-order valence-corrected chi connectivity index (χ3v) is 5.70. The lowest BCUT2D eigenvalue weighted by Crippen LogP contribution is -2.55. The number of benzene rings is 2. The number of halogens is 5. The van der Waals surface area contributed by atoms with Gasteiger partial charge in [-0.05, 0) is 30.3 Å². The number of carboxylic acids is 1. The van der Waals surface area contributed by atoms with Crippen molar-refractivity contribution in [3.05, 3.63) is 70.6 Å². The Morgan fingerprint density at radius 1 is 1.05 bits per heavy atom. The summed E-state index contributed by atoms with van der Waals surface area (Å²) in [5.41, 5.74) is 1.60. The summed E-state index contributed by atoms with van der Waals surface area (Å²) < 4.78 is 66.5. The monoisotopic (exact) mass is 538 g/mol. The van der Waals surface area contributed by atoms with Crippen molar-refractivity contribution in [2.24, 2.45) is 0 Å². The molecular formula is C24H19F5N4O5. The molecule has 1 aliphatic heterocycles. The van der Waals surface area contributed by atoms with Crippen LogP contribution in [0.3, 0.4) is 0 Å². The van der Waals surface area contributed by atoms with Gasteiger partial charge in [0, 0.05) is 30.0 Å². The number of likely N-dealkylation sites (tertiary alicyclic amines) is 1. The third-order valence-electron chi connectivity index (χ3n) is 5.70. The molecule has 0 aliphatic carbocycles. The number of aromatic nitrogens is 3. The van der Waals surface area contributed by atoms with Crippen LogP contribution in [0.4, 0.5) is 22.0 Å². The van der Waals surface area contributed by atoms with Gasteiger partial charge in [0.05, 0.1) is 23.1 Å². The lowest BCUT2D eigenvalue weighted by Gasteiger charge is -2.38. The molecule has 1 saturated heterocycles. The summed E-state index contributed by atoms with van der Waals surface area (Å²) in [6, 6.07) is 15.3. The van der Waals surface area contributed by atoms with Gasteiger partial charge in [-0.3, -0.25) is 4.79 Å². The van der Waals surface area contributed by atoms with Crippen LogP contribution in [0.5, 0.6) is 5.88 Å². The zero-order chi connectivity index (χ0) is 27.7. The fourth-order valence-corrected chi connectivity index (χ4v) is 3.78. The van der Waals surface area contributed by atoms with Crippen LogP contribution in [0.1, 0.15) is 16.8 Å². The molecule has 2 aromatic heterocycles. The summed E-state index contributed by atoms with van der Waals surface area (Å²) in [6.07, 6.45) is -7.12. The molecule has 1 amide bonds. The van der Waals surface area contributed by atoms with Crippen LogP contribution < -0.4 is 10.4 Å². The van der Waals surface area contributed by atoms with Gasteiger partial charge in [-0.1, -0.05) is 18.2 Å². The number of hydrogen-bond acceptors (Lipinski definition) is 5. The molecule has 5 rings (SSSR count). The van der Waals surface area contributed by atoms with Gasteiger partial charge in [0.1, 0.15) is 0 Å². The average molecular weight is 538 g/mol. The van der Waals surface area contributed by atoms with E-state index in [1.165, 1.54) is 11.0 Å². The fraction of sp³-hybridized carbons (Fsp3) is 0.250. The Hall–Kier alpha value is -4.49. The van der Waals surface area contributed by atoms with E-state index < -0.39 is 36.5 Å². The van der Waals surface area contributed by atoms with E-state index in [4.69, 9.17) is 14.6 Å².